The second kappa shape index (κ2) is 4.76. The van der Waals surface area contributed by atoms with Crippen molar-refractivity contribution in [1.29, 1.82) is 0 Å². The number of carbonyl (C=O) groups is 1. The summed E-state index contributed by atoms with van der Waals surface area (Å²) in [5.41, 5.74) is 7.15. The van der Waals surface area contributed by atoms with Gasteiger partial charge in [-0.15, -0.1) is 0 Å². The number of nitrogens with zero attached hydrogens (tertiary/aromatic N) is 2. The summed E-state index contributed by atoms with van der Waals surface area (Å²) in [6.45, 7) is 4.50. The molecule has 1 aliphatic rings. The third kappa shape index (κ3) is 2.20. The molecule has 0 fully saturated rings. The summed E-state index contributed by atoms with van der Waals surface area (Å²) in [4.78, 5) is 17.5. The molecule has 2 heterocycles. The first-order valence-electron chi connectivity index (χ1n) is 6.83. The molecular weight excluding hydrogens is 288 g/mol. The Hall–Kier alpha value is -2.50. The van der Waals surface area contributed by atoms with Crippen molar-refractivity contribution in [3.05, 3.63) is 53.4 Å². The average Bonchev–Trinajstić information content (AvgIpc) is 2.73. The zero-order valence-corrected chi connectivity index (χ0v) is 12.2. The number of pyridine rings is 1. The van der Waals surface area contributed by atoms with Crippen molar-refractivity contribution < 1.29 is 13.6 Å². The van der Waals surface area contributed by atoms with E-state index in [4.69, 9.17) is 5.73 Å². The van der Waals surface area contributed by atoms with E-state index >= 15 is 0 Å². The quantitative estimate of drug-likeness (QED) is 0.928. The van der Waals surface area contributed by atoms with Gasteiger partial charge >= 0.3 is 0 Å². The summed E-state index contributed by atoms with van der Waals surface area (Å²) >= 11 is 0. The molecule has 1 aromatic heterocycles. The van der Waals surface area contributed by atoms with Gasteiger partial charge in [0.25, 0.3) is 5.91 Å². The van der Waals surface area contributed by atoms with Crippen molar-refractivity contribution in [3.8, 4) is 0 Å². The van der Waals surface area contributed by atoms with E-state index in [9.17, 15) is 13.6 Å². The first-order chi connectivity index (χ1) is 10.3. The Kier molecular flexibility index (Phi) is 3.12. The highest BCUT2D eigenvalue weighted by Crippen LogP contribution is 2.43. The number of hydrogen-bond donors (Lipinski definition) is 1. The number of anilines is 2. The van der Waals surface area contributed by atoms with Gasteiger partial charge < -0.3 is 10.6 Å². The third-order valence-corrected chi connectivity index (χ3v) is 3.83. The van der Waals surface area contributed by atoms with Crippen LogP contribution in [0.4, 0.5) is 20.2 Å². The van der Waals surface area contributed by atoms with Gasteiger partial charge in [0.2, 0.25) is 0 Å². The number of hydrogen-bond acceptors (Lipinski definition) is 3. The minimum Gasteiger partial charge on any atom is -0.364 e. The van der Waals surface area contributed by atoms with E-state index in [2.05, 4.69) is 4.98 Å². The Morgan fingerprint density at radius 2 is 1.95 bits per heavy atom. The van der Waals surface area contributed by atoms with Crippen LogP contribution >= 0.6 is 0 Å². The summed E-state index contributed by atoms with van der Waals surface area (Å²) < 4.78 is 26.6. The summed E-state index contributed by atoms with van der Waals surface area (Å²) in [5, 5.41) is 0. The van der Waals surface area contributed by atoms with Gasteiger partial charge in [0, 0.05) is 23.7 Å². The van der Waals surface area contributed by atoms with Gasteiger partial charge in [-0.1, -0.05) is 13.8 Å². The van der Waals surface area contributed by atoms with Gasteiger partial charge in [0.1, 0.15) is 5.69 Å². The smallest absolute Gasteiger partial charge is 0.267 e. The maximum absolute atomic E-state index is 13.5. The lowest BCUT2D eigenvalue weighted by atomic mass is 9.91. The molecular formula is C16H15F2N3O. The van der Waals surface area contributed by atoms with Crippen LogP contribution in [-0.2, 0) is 5.41 Å². The van der Waals surface area contributed by atoms with Crippen molar-refractivity contribution >= 4 is 17.3 Å². The van der Waals surface area contributed by atoms with Crippen molar-refractivity contribution in [3.63, 3.8) is 0 Å². The molecule has 0 unspecified atom stereocenters. The number of halogens is 2. The molecule has 0 spiro atoms. The molecule has 1 amide bonds. The molecule has 114 valence electrons. The largest absolute Gasteiger partial charge is 0.364 e. The van der Waals surface area contributed by atoms with Crippen LogP contribution in [0.1, 0.15) is 30.0 Å². The number of primary amides is 1. The molecule has 2 N–H and O–H groups in total. The maximum atomic E-state index is 13.5. The van der Waals surface area contributed by atoms with Crippen molar-refractivity contribution in [2.24, 2.45) is 5.73 Å². The molecule has 6 heteroatoms. The normalized spacial score (nSPS) is 15.7. The Balaban J connectivity index is 2.11. The lowest BCUT2D eigenvalue weighted by Gasteiger charge is -2.22. The molecule has 0 radical (unpaired) electrons. The second-order valence-corrected chi connectivity index (χ2v) is 6.00. The topological polar surface area (TPSA) is 59.2 Å². The number of carbonyl (C=O) groups excluding carboxylic acids is 1. The molecule has 2 aromatic rings. The van der Waals surface area contributed by atoms with Crippen LogP contribution in [0.3, 0.4) is 0 Å². The van der Waals surface area contributed by atoms with Crippen LogP contribution in [0.15, 0.2) is 30.3 Å². The molecule has 0 bridgehead atoms. The highest BCUT2D eigenvalue weighted by atomic mass is 19.2. The monoisotopic (exact) mass is 303 g/mol. The van der Waals surface area contributed by atoms with E-state index in [1.807, 2.05) is 18.7 Å². The molecule has 4 nitrogen and oxygen atoms in total. The van der Waals surface area contributed by atoms with Gasteiger partial charge in [-0.3, -0.25) is 4.79 Å². The number of aromatic nitrogens is 1. The Bertz CT molecular complexity index is 774. The lowest BCUT2D eigenvalue weighted by Crippen LogP contribution is -2.25. The van der Waals surface area contributed by atoms with Gasteiger partial charge in [-0.25, -0.2) is 13.8 Å². The average molecular weight is 303 g/mol. The molecule has 0 saturated carbocycles. The summed E-state index contributed by atoms with van der Waals surface area (Å²) in [6.07, 6.45) is 0. The van der Waals surface area contributed by atoms with E-state index in [-0.39, 0.29) is 11.1 Å². The third-order valence-electron chi connectivity index (χ3n) is 3.83. The number of nitrogens with two attached hydrogens (primary N) is 1. The van der Waals surface area contributed by atoms with E-state index in [0.717, 1.165) is 17.8 Å². The Morgan fingerprint density at radius 1 is 1.23 bits per heavy atom. The minimum absolute atomic E-state index is 0.193. The van der Waals surface area contributed by atoms with Crippen LogP contribution in [0.5, 0.6) is 0 Å². The SMILES string of the molecule is CC1(C)CN(c2ccc(F)c(F)c2)c2ccc(C(N)=O)nc21. The maximum Gasteiger partial charge on any atom is 0.267 e. The van der Waals surface area contributed by atoms with Crippen LogP contribution in [0.2, 0.25) is 0 Å². The summed E-state index contributed by atoms with van der Waals surface area (Å²) in [6, 6.07) is 7.04. The fraction of sp³-hybridized carbons (Fsp3) is 0.250. The first kappa shape index (κ1) is 14.4. The van der Waals surface area contributed by atoms with Gasteiger partial charge in [-0.2, -0.15) is 0 Å². The molecule has 3 rings (SSSR count). The zero-order valence-electron chi connectivity index (χ0n) is 12.2. The van der Waals surface area contributed by atoms with Crippen LogP contribution in [0, 0.1) is 11.6 Å². The van der Waals surface area contributed by atoms with E-state index in [1.54, 1.807) is 6.07 Å². The lowest BCUT2D eigenvalue weighted by molar-refractivity contribution is 0.0995. The Labute approximate surface area is 126 Å². The van der Waals surface area contributed by atoms with Crippen LogP contribution in [0.25, 0.3) is 0 Å². The molecule has 22 heavy (non-hydrogen) atoms. The van der Waals surface area contributed by atoms with E-state index in [1.165, 1.54) is 12.1 Å². The van der Waals surface area contributed by atoms with Gasteiger partial charge in [0.15, 0.2) is 11.6 Å². The number of fused-ring (bicyclic) bond motifs is 1. The minimum atomic E-state index is -0.898. The van der Waals surface area contributed by atoms with Crippen molar-refractivity contribution in [2.45, 2.75) is 19.3 Å². The first-order valence-corrected chi connectivity index (χ1v) is 6.83. The molecule has 1 aromatic carbocycles. The predicted octanol–water partition coefficient (Wildman–Crippen LogP) is 2.89. The van der Waals surface area contributed by atoms with Crippen LogP contribution < -0.4 is 10.6 Å². The summed E-state index contributed by atoms with van der Waals surface area (Å²) in [7, 11) is 0. The predicted molar refractivity (Wildman–Crippen MR) is 79.1 cm³/mol. The standard InChI is InChI=1S/C16H15F2N3O/c1-16(2)8-21(9-3-4-10(17)11(18)7-9)13-6-5-12(15(19)22)20-14(13)16/h3-7H,8H2,1-2H3,(H2,19,22). The highest BCUT2D eigenvalue weighted by Gasteiger charge is 2.38. The molecule has 1 aliphatic heterocycles. The fourth-order valence-corrected chi connectivity index (χ4v) is 2.74. The zero-order chi connectivity index (χ0) is 16.1. The Morgan fingerprint density at radius 3 is 2.59 bits per heavy atom. The van der Waals surface area contributed by atoms with E-state index < -0.39 is 17.5 Å². The van der Waals surface area contributed by atoms with E-state index in [0.29, 0.717) is 17.9 Å². The number of rotatable bonds is 2. The number of benzene rings is 1. The summed E-state index contributed by atoms with van der Waals surface area (Å²) in [5.74, 6) is -2.38. The van der Waals surface area contributed by atoms with Crippen molar-refractivity contribution in [1.82, 2.24) is 4.98 Å². The molecule has 0 atom stereocenters. The van der Waals surface area contributed by atoms with Crippen LogP contribution in [-0.4, -0.2) is 17.4 Å². The highest BCUT2D eigenvalue weighted by molar-refractivity contribution is 5.91. The van der Waals surface area contributed by atoms with Crippen molar-refractivity contribution in [2.75, 3.05) is 11.4 Å². The molecule has 0 aliphatic carbocycles. The molecule has 0 saturated heterocycles. The number of amides is 1. The van der Waals surface area contributed by atoms with Gasteiger partial charge in [-0.05, 0) is 24.3 Å². The fourth-order valence-electron chi connectivity index (χ4n) is 2.74. The second-order valence-electron chi connectivity index (χ2n) is 6.00. The van der Waals surface area contributed by atoms with Gasteiger partial charge in [0.05, 0.1) is 11.4 Å².